The van der Waals surface area contributed by atoms with Crippen LogP contribution in [0, 0.1) is 23.2 Å². The highest BCUT2D eigenvalue weighted by atomic mass is 16.5. The van der Waals surface area contributed by atoms with Gasteiger partial charge in [-0.15, -0.1) is 0 Å². The molecule has 3 saturated heterocycles. The fraction of sp³-hybridized carbons (Fsp3) is 0.511. The Labute approximate surface area is 373 Å². The van der Waals surface area contributed by atoms with Gasteiger partial charge in [0.25, 0.3) is 0 Å². The SMILES string of the molecule is COC(=O)N[C@H](C(=O)N1CC2(CC1c1nc(-c3ccc(-c4ccc(-c5c[nH]c([C@@H]6CCCN6C(=O)[C@@H](NC(=O)OC)C(C)C)n5)cc4)cc3)c[nH]1)CN(C(=O)O)C2CC(C)C)C(C)C. The fourth-order valence-electron chi connectivity index (χ4n) is 9.69. The van der Waals surface area contributed by atoms with E-state index in [9.17, 15) is 29.1 Å². The fourth-order valence-corrected chi connectivity index (χ4v) is 9.69. The molecule has 5 N–H and O–H groups in total. The van der Waals surface area contributed by atoms with Crippen molar-refractivity contribution in [2.24, 2.45) is 23.2 Å². The Hall–Kier alpha value is -6.39. The summed E-state index contributed by atoms with van der Waals surface area (Å²) in [5.41, 5.74) is 4.82. The smallest absolute Gasteiger partial charge is 0.407 e. The average molecular weight is 880 g/mol. The van der Waals surface area contributed by atoms with Crippen LogP contribution in [-0.4, -0.2) is 122 Å². The second kappa shape index (κ2) is 18.8. The first-order valence-corrected chi connectivity index (χ1v) is 22.2. The highest BCUT2D eigenvalue weighted by Crippen LogP contribution is 2.54. The van der Waals surface area contributed by atoms with Crippen LogP contribution >= 0.6 is 0 Å². The number of ether oxygens (including phenoxy) is 2. The maximum absolute atomic E-state index is 14.4. The van der Waals surface area contributed by atoms with E-state index in [-0.39, 0.29) is 41.7 Å². The van der Waals surface area contributed by atoms with Crippen LogP contribution in [0.3, 0.4) is 0 Å². The number of carboxylic acid groups (broad SMARTS) is 1. The van der Waals surface area contributed by atoms with Gasteiger partial charge in [0.1, 0.15) is 23.7 Å². The second-order valence-corrected chi connectivity index (χ2v) is 18.5. The quantitative estimate of drug-likeness (QED) is 0.0909. The molecule has 6 atom stereocenters. The molecule has 5 amide bonds. The third-order valence-electron chi connectivity index (χ3n) is 13.1. The van der Waals surface area contributed by atoms with Crippen molar-refractivity contribution in [2.45, 2.75) is 97.4 Å². The number of benzene rings is 2. The molecule has 0 bridgehead atoms. The highest BCUT2D eigenvalue weighted by molar-refractivity contribution is 5.87. The molecule has 3 aliphatic heterocycles. The third-order valence-corrected chi connectivity index (χ3v) is 13.1. The number of carbonyl (C=O) groups excluding carboxylic acids is 4. The molecule has 7 rings (SSSR count). The number of likely N-dealkylation sites (tertiary alicyclic amines) is 3. The molecule has 3 fully saturated rings. The van der Waals surface area contributed by atoms with Gasteiger partial charge in [-0.2, -0.15) is 0 Å². The van der Waals surface area contributed by atoms with Crippen LogP contribution in [0.25, 0.3) is 33.6 Å². The molecule has 0 radical (unpaired) electrons. The molecule has 64 heavy (non-hydrogen) atoms. The standard InChI is InChI=1S/C47H61N9O8/c1-26(2)20-37-47(25-56(37)46(61)62)21-36(55(24-47)43(58)39(28(5)6)53-45(60)64-8)41-49-23-34(51-41)32-17-13-30(14-18-32)29-11-15-31(16-12-29)33-22-48-40(50-33)35-10-9-19-54(35)42(57)38(27(3)4)52-44(59)63-7/h11-18,22-23,26-28,35-39H,9-10,19-21,24-25H2,1-8H3,(H,48,50)(H,49,51)(H,52,59)(H,53,60)(H,61,62)/t35-,36?,37?,38-,39-,47?/m0/s1. The normalized spacial score (nSPS) is 21.6. The molecular weight excluding hydrogens is 819 g/mol. The largest absolute Gasteiger partial charge is 0.465 e. The van der Waals surface area contributed by atoms with Crippen molar-refractivity contribution >= 4 is 30.1 Å². The summed E-state index contributed by atoms with van der Waals surface area (Å²) in [6, 6.07) is 13.7. The van der Waals surface area contributed by atoms with E-state index in [0.29, 0.717) is 49.8 Å². The predicted octanol–water partition coefficient (Wildman–Crippen LogP) is 7.23. The molecule has 17 nitrogen and oxygen atoms in total. The Bertz CT molecular complexity index is 2320. The van der Waals surface area contributed by atoms with Crippen LogP contribution in [0.5, 0.6) is 0 Å². The number of nitrogens with one attached hydrogen (secondary N) is 4. The Morgan fingerprint density at radius 2 is 1.16 bits per heavy atom. The summed E-state index contributed by atoms with van der Waals surface area (Å²) in [7, 11) is 2.54. The number of hydrogen-bond donors (Lipinski definition) is 5. The topological polar surface area (TPSA) is 215 Å². The van der Waals surface area contributed by atoms with Crippen LogP contribution in [0.4, 0.5) is 14.4 Å². The number of aromatic nitrogens is 4. The minimum atomic E-state index is -0.966. The van der Waals surface area contributed by atoms with Crippen molar-refractivity contribution in [2.75, 3.05) is 33.9 Å². The molecule has 2 aromatic heterocycles. The van der Waals surface area contributed by atoms with Crippen LogP contribution in [0.1, 0.15) is 91.0 Å². The summed E-state index contributed by atoms with van der Waals surface area (Å²) < 4.78 is 9.62. The van der Waals surface area contributed by atoms with Gasteiger partial charge in [-0.3, -0.25) is 9.59 Å². The van der Waals surface area contributed by atoms with Gasteiger partial charge < -0.3 is 49.9 Å². The van der Waals surface area contributed by atoms with Gasteiger partial charge >= 0.3 is 18.3 Å². The number of nitrogens with zero attached hydrogens (tertiary/aromatic N) is 5. The van der Waals surface area contributed by atoms with Crippen molar-refractivity contribution < 1.29 is 38.6 Å². The molecule has 3 aliphatic rings. The predicted molar refractivity (Wildman–Crippen MR) is 239 cm³/mol. The number of methoxy groups -OCH3 is 2. The van der Waals surface area contributed by atoms with Gasteiger partial charge in [-0.1, -0.05) is 90.1 Å². The number of hydrogen-bond acceptors (Lipinski definition) is 9. The van der Waals surface area contributed by atoms with Gasteiger partial charge in [-0.25, -0.2) is 24.4 Å². The Balaban J connectivity index is 1.06. The molecule has 1 spiro atoms. The molecule has 4 aromatic rings. The van der Waals surface area contributed by atoms with Crippen molar-refractivity contribution in [3.8, 4) is 33.6 Å². The number of imidazole rings is 2. The van der Waals surface area contributed by atoms with E-state index >= 15 is 0 Å². The molecule has 3 unspecified atom stereocenters. The summed E-state index contributed by atoms with van der Waals surface area (Å²) in [4.78, 5) is 86.2. The van der Waals surface area contributed by atoms with Crippen LogP contribution in [0.15, 0.2) is 60.9 Å². The van der Waals surface area contributed by atoms with Gasteiger partial charge in [-0.05, 0) is 54.6 Å². The summed E-state index contributed by atoms with van der Waals surface area (Å²) in [5, 5.41) is 15.4. The monoisotopic (exact) mass is 879 g/mol. The summed E-state index contributed by atoms with van der Waals surface area (Å²) in [6.45, 7) is 12.9. The van der Waals surface area contributed by atoms with E-state index in [2.05, 4.69) is 34.4 Å². The molecular formula is C47H61N9O8. The zero-order valence-corrected chi connectivity index (χ0v) is 37.9. The first-order valence-electron chi connectivity index (χ1n) is 22.2. The van der Waals surface area contributed by atoms with Gasteiger partial charge in [0.05, 0.1) is 37.7 Å². The Morgan fingerprint density at radius 3 is 1.61 bits per heavy atom. The molecule has 0 saturated carbocycles. The zero-order chi connectivity index (χ0) is 46.0. The third kappa shape index (κ3) is 9.15. The van der Waals surface area contributed by atoms with Crippen LogP contribution < -0.4 is 10.6 Å². The molecule has 342 valence electrons. The minimum absolute atomic E-state index is 0.123. The maximum Gasteiger partial charge on any atom is 0.407 e. The van der Waals surface area contributed by atoms with E-state index in [4.69, 9.17) is 19.4 Å². The van der Waals surface area contributed by atoms with Crippen molar-refractivity contribution in [3.05, 3.63) is 72.6 Å². The maximum atomic E-state index is 14.4. The lowest BCUT2D eigenvalue weighted by Crippen LogP contribution is -2.67. The lowest BCUT2D eigenvalue weighted by molar-refractivity contribution is -0.137. The molecule has 2 aromatic carbocycles. The number of aromatic amines is 2. The Morgan fingerprint density at radius 1 is 0.703 bits per heavy atom. The average Bonchev–Trinajstić information content (AvgIpc) is 4.12. The Kier molecular flexibility index (Phi) is 13.4. The first kappa shape index (κ1) is 45.6. The zero-order valence-electron chi connectivity index (χ0n) is 37.9. The van der Waals surface area contributed by atoms with Gasteiger partial charge in [0.2, 0.25) is 11.8 Å². The lowest BCUT2D eigenvalue weighted by atomic mass is 9.67. The molecule has 0 aliphatic carbocycles. The number of rotatable bonds is 13. The van der Waals surface area contributed by atoms with Gasteiger partial charge in [0, 0.05) is 54.6 Å². The van der Waals surface area contributed by atoms with E-state index in [1.54, 1.807) is 9.80 Å². The number of H-pyrrole nitrogens is 2. The second-order valence-electron chi connectivity index (χ2n) is 18.5. The summed E-state index contributed by atoms with van der Waals surface area (Å²) in [6.07, 6.45) is 4.17. The van der Waals surface area contributed by atoms with Gasteiger partial charge in [0.15, 0.2) is 0 Å². The van der Waals surface area contributed by atoms with E-state index in [1.807, 2.05) is 88.6 Å². The summed E-state index contributed by atoms with van der Waals surface area (Å²) in [5.74, 6) is 0.765. The number of carbonyl (C=O) groups is 5. The van der Waals surface area contributed by atoms with E-state index in [1.165, 1.54) is 19.1 Å². The summed E-state index contributed by atoms with van der Waals surface area (Å²) >= 11 is 0. The van der Waals surface area contributed by atoms with E-state index in [0.717, 1.165) is 40.8 Å². The van der Waals surface area contributed by atoms with Crippen LogP contribution in [0.2, 0.25) is 0 Å². The number of amides is 5. The van der Waals surface area contributed by atoms with Crippen molar-refractivity contribution in [1.29, 1.82) is 0 Å². The minimum Gasteiger partial charge on any atom is -0.465 e. The lowest BCUT2D eigenvalue weighted by Gasteiger charge is -2.55. The number of alkyl carbamates (subject to hydrolysis) is 2. The first-order chi connectivity index (χ1) is 30.5. The van der Waals surface area contributed by atoms with Crippen molar-refractivity contribution in [3.63, 3.8) is 0 Å². The van der Waals surface area contributed by atoms with Crippen molar-refractivity contribution in [1.82, 2.24) is 45.3 Å². The van der Waals surface area contributed by atoms with Crippen LogP contribution in [-0.2, 0) is 19.1 Å². The van der Waals surface area contributed by atoms with E-state index < -0.39 is 41.8 Å². The highest BCUT2D eigenvalue weighted by Gasteiger charge is 2.61. The molecule has 5 heterocycles. The molecule has 17 heteroatoms.